The Balaban J connectivity index is 0.000000436. The van der Waals surface area contributed by atoms with Gasteiger partial charge in [0.1, 0.15) is 28.7 Å². The standard InChI is InChI=1S/C11H16O2.C9H12O2.2C9H12.C8H10O.C8H10.C7H6Cl2.C7H7Cl/c1-4-12-10-6-7-11(13-5-2)9(3)8-10;1-7-6-8(10-2)4-5-9(7)11-3;1-7-4-8(2)6-9(3)5-7;1-7-4-5-8(2)9(3)6-7;1-7-3-5-8(9-2)6-4-7;1-7-3-5-8(2)6-4-7;1-5-4-6(8)2-3-7(5)9;1-6-2-4-7(8)5-3-6/h6-8H,4-5H2,1-3H3;4-6H,1-3H3;2*4-6H,1-3H3;3-6H,1-2H3;3-6H,1-2H3;2-4H,1H3;2-5H,1H3. The van der Waals surface area contributed by atoms with Crippen LogP contribution in [0.4, 0.5) is 0 Å². The number of rotatable bonds is 7. The van der Waals surface area contributed by atoms with Crippen LogP contribution in [-0.2, 0) is 0 Å². The molecule has 76 heavy (non-hydrogen) atoms. The molecule has 0 N–H and O–H groups in total. The number of methoxy groups -OCH3 is 3. The number of ether oxygens (including phenoxy) is 5. The molecule has 0 bridgehead atoms. The van der Waals surface area contributed by atoms with Crippen molar-refractivity contribution in [2.24, 2.45) is 0 Å². The Labute approximate surface area is 474 Å². The molecule has 0 aliphatic rings. The van der Waals surface area contributed by atoms with Crippen molar-refractivity contribution in [3.05, 3.63) is 251 Å². The van der Waals surface area contributed by atoms with Crippen molar-refractivity contribution >= 4 is 34.8 Å². The van der Waals surface area contributed by atoms with Gasteiger partial charge in [-0.1, -0.05) is 164 Å². The Kier molecular flexibility index (Phi) is 34.0. The first-order chi connectivity index (χ1) is 36.0. The van der Waals surface area contributed by atoms with Gasteiger partial charge in [0.25, 0.3) is 0 Å². The smallest absolute Gasteiger partial charge is 0.122 e. The Morgan fingerprint density at radius 2 is 0.671 bits per heavy atom. The molecule has 0 aliphatic heterocycles. The molecule has 0 amide bonds. The Morgan fingerprint density at radius 3 is 1.05 bits per heavy atom. The lowest BCUT2D eigenvalue weighted by atomic mass is 10.1. The fourth-order valence-electron chi connectivity index (χ4n) is 6.72. The molecule has 0 saturated heterocycles. The van der Waals surface area contributed by atoms with Crippen molar-refractivity contribution in [1.29, 1.82) is 0 Å². The van der Waals surface area contributed by atoms with E-state index in [9.17, 15) is 0 Å². The highest BCUT2D eigenvalue weighted by atomic mass is 35.5. The summed E-state index contributed by atoms with van der Waals surface area (Å²) >= 11 is 17.0. The molecule has 0 saturated carbocycles. The molecule has 5 nitrogen and oxygen atoms in total. The molecule has 8 heteroatoms. The molecule has 0 heterocycles. The summed E-state index contributed by atoms with van der Waals surface area (Å²) in [6.07, 6.45) is 0. The van der Waals surface area contributed by atoms with Crippen molar-refractivity contribution in [3.63, 3.8) is 0 Å². The minimum absolute atomic E-state index is 0.702. The van der Waals surface area contributed by atoms with Gasteiger partial charge < -0.3 is 23.7 Å². The van der Waals surface area contributed by atoms with E-state index in [4.69, 9.17) is 58.5 Å². The van der Waals surface area contributed by atoms with Crippen LogP contribution >= 0.6 is 34.8 Å². The molecular weight excluding hydrogens is 1000 g/mol. The molecule has 0 unspecified atom stereocenters. The first kappa shape index (κ1) is 67.6. The lowest BCUT2D eigenvalue weighted by Gasteiger charge is -2.09. The summed E-state index contributed by atoms with van der Waals surface area (Å²) in [4.78, 5) is 0. The van der Waals surface area contributed by atoms with E-state index in [2.05, 4.69) is 123 Å². The SMILES string of the molecule is CCOc1ccc(OCC)c(C)c1.COc1ccc(C)cc1.COc1ccc(OC)c(C)c1.Cc1cc(C)cc(C)c1.Cc1cc(Cl)ccc1Cl.Cc1ccc(C)c(C)c1.Cc1ccc(C)cc1.Cc1ccc(Cl)cc1. The lowest BCUT2D eigenvalue weighted by molar-refractivity contribution is 0.328. The van der Waals surface area contributed by atoms with Crippen molar-refractivity contribution in [2.75, 3.05) is 34.5 Å². The van der Waals surface area contributed by atoms with Crippen LogP contribution < -0.4 is 23.7 Å². The number of aryl methyl sites for hydroxylation is 13. The molecule has 8 aromatic carbocycles. The molecule has 0 aliphatic carbocycles. The van der Waals surface area contributed by atoms with E-state index in [0.29, 0.717) is 13.2 Å². The zero-order valence-electron chi connectivity index (χ0n) is 48.7. The van der Waals surface area contributed by atoms with E-state index >= 15 is 0 Å². The third-order valence-corrected chi connectivity index (χ3v) is 11.9. The summed E-state index contributed by atoms with van der Waals surface area (Å²) < 4.78 is 25.9. The molecule has 0 radical (unpaired) electrons. The normalized spacial score (nSPS) is 9.49. The van der Waals surface area contributed by atoms with Gasteiger partial charge in [0, 0.05) is 15.1 Å². The summed E-state index contributed by atoms with van der Waals surface area (Å²) in [5.41, 5.74) is 16.6. The van der Waals surface area contributed by atoms with Crippen molar-refractivity contribution in [3.8, 4) is 28.7 Å². The van der Waals surface area contributed by atoms with Gasteiger partial charge in [0.2, 0.25) is 0 Å². The number of hydrogen-bond acceptors (Lipinski definition) is 5. The van der Waals surface area contributed by atoms with Gasteiger partial charge in [-0.05, 0) is 211 Å². The second-order valence-electron chi connectivity index (χ2n) is 18.2. The Bertz CT molecular complexity index is 2650. The summed E-state index contributed by atoms with van der Waals surface area (Å²) in [6.45, 7) is 32.4. The van der Waals surface area contributed by atoms with Crippen LogP contribution in [-0.4, -0.2) is 34.5 Å². The lowest BCUT2D eigenvalue weighted by Crippen LogP contribution is -1.96. The Hall–Kier alpha value is -6.37. The zero-order valence-corrected chi connectivity index (χ0v) is 50.9. The summed E-state index contributed by atoms with van der Waals surface area (Å²) in [5.74, 6) is 4.52. The summed E-state index contributed by atoms with van der Waals surface area (Å²) in [5, 5.41) is 2.30. The predicted octanol–water partition coefficient (Wildman–Crippen LogP) is 20.3. The highest BCUT2D eigenvalue weighted by molar-refractivity contribution is 6.33. The predicted molar refractivity (Wildman–Crippen MR) is 330 cm³/mol. The minimum Gasteiger partial charge on any atom is -0.497 e. The van der Waals surface area contributed by atoms with Crippen molar-refractivity contribution < 1.29 is 23.7 Å². The van der Waals surface area contributed by atoms with Gasteiger partial charge in [-0.2, -0.15) is 0 Å². The fraction of sp³-hybridized carbons (Fsp3) is 0.294. The van der Waals surface area contributed by atoms with Gasteiger partial charge in [-0.25, -0.2) is 0 Å². The van der Waals surface area contributed by atoms with Crippen LogP contribution in [0.5, 0.6) is 28.7 Å². The average Bonchev–Trinajstić information content (AvgIpc) is 3.38. The Morgan fingerprint density at radius 1 is 0.276 bits per heavy atom. The van der Waals surface area contributed by atoms with E-state index in [-0.39, 0.29) is 0 Å². The van der Waals surface area contributed by atoms with Crippen LogP contribution in [0.25, 0.3) is 0 Å². The first-order valence-corrected chi connectivity index (χ1v) is 26.6. The molecular formula is C68H85Cl3O5. The fourth-order valence-corrected chi connectivity index (χ4v) is 7.19. The quantitative estimate of drug-likeness (QED) is 0.159. The van der Waals surface area contributed by atoms with E-state index < -0.39 is 0 Å². The van der Waals surface area contributed by atoms with E-state index in [1.54, 1.807) is 33.5 Å². The minimum atomic E-state index is 0.702. The van der Waals surface area contributed by atoms with Crippen LogP contribution in [0.3, 0.4) is 0 Å². The first-order valence-electron chi connectivity index (χ1n) is 25.5. The van der Waals surface area contributed by atoms with Gasteiger partial charge in [0.05, 0.1) is 34.5 Å². The van der Waals surface area contributed by atoms with E-state index in [1.165, 1.54) is 55.6 Å². The summed E-state index contributed by atoms with van der Waals surface area (Å²) in [6, 6.07) is 54.3. The third kappa shape index (κ3) is 30.2. The molecule has 0 aromatic heterocycles. The molecule has 8 aromatic rings. The maximum Gasteiger partial charge on any atom is 0.122 e. The topological polar surface area (TPSA) is 46.2 Å². The number of halogens is 3. The van der Waals surface area contributed by atoms with Gasteiger partial charge in [-0.15, -0.1) is 0 Å². The zero-order chi connectivity index (χ0) is 57.2. The van der Waals surface area contributed by atoms with Crippen LogP contribution in [0.15, 0.2) is 164 Å². The van der Waals surface area contributed by atoms with E-state index in [0.717, 1.165) is 60.5 Å². The molecule has 0 atom stereocenters. The molecule has 0 spiro atoms. The van der Waals surface area contributed by atoms with Gasteiger partial charge in [0.15, 0.2) is 0 Å². The summed E-state index contributed by atoms with van der Waals surface area (Å²) in [7, 11) is 4.99. The van der Waals surface area contributed by atoms with Crippen LogP contribution in [0.1, 0.15) is 86.2 Å². The number of benzene rings is 8. The van der Waals surface area contributed by atoms with E-state index in [1.807, 2.05) is 133 Å². The van der Waals surface area contributed by atoms with Crippen molar-refractivity contribution in [1.82, 2.24) is 0 Å². The highest BCUT2D eigenvalue weighted by Gasteiger charge is 2.01. The largest absolute Gasteiger partial charge is 0.497 e. The highest BCUT2D eigenvalue weighted by Crippen LogP contribution is 2.24. The monoisotopic (exact) mass is 1090 g/mol. The third-order valence-electron chi connectivity index (χ3n) is 11.0. The molecule has 408 valence electrons. The van der Waals surface area contributed by atoms with Gasteiger partial charge >= 0.3 is 0 Å². The van der Waals surface area contributed by atoms with Gasteiger partial charge in [-0.3, -0.25) is 0 Å². The average molecular weight is 1090 g/mol. The van der Waals surface area contributed by atoms with Crippen molar-refractivity contribution in [2.45, 2.75) is 104 Å². The second-order valence-corrected chi connectivity index (χ2v) is 19.5. The maximum absolute atomic E-state index is 5.72. The maximum atomic E-state index is 5.72. The van der Waals surface area contributed by atoms with Crippen LogP contribution in [0.2, 0.25) is 15.1 Å². The second kappa shape index (κ2) is 38.2. The molecule has 8 rings (SSSR count). The number of hydrogen-bond donors (Lipinski definition) is 0. The molecule has 0 fully saturated rings. The van der Waals surface area contributed by atoms with Crippen LogP contribution in [0, 0.1) is 90.0 Å².